The molecule has 114 valence electrons. The Bertz CT molecular complexity index is 699. The Kier molecular flexibility index (Phi) is 5.57. The van der Waals surface area contributed by atoms with Crippen LogP contribution >= 0.6 is 23.2 Å². The molecule has 2 aromatic rings. The SMILES string of the molecule is O=C(COC(=O)/C=C/c1ccc(Cl)c(Cl)c1)Nc1ccon1. The van der Waals surface area contributed by atoms with Gasteiger partial charge in [-0.3, -0.25) is 4.79 Å². The van der Waals surface area contributed by atoms with Crippen molar-refractivity contribution >= 4 is 47.0 Å². The van der Waals surface area contributed by atoms with E-state index in [0.29, 0.717) is 15.6 Å². The smallest absolute Gasteiger partial charge is 0.331 e. The monoisotopic (exact) mass is 340 g/mol. The van der Waals surface area contributed by atoms with Gasteiger partial charge in [0.05, 0.1) is 10.0 Å². The van der Waals surface area contributed by atoms with Gasteiger partial charge in [0.1, 0.15) is 6.26 Å². The second-order valence-electron chi connectivity index (χ2n) is 4.05. The molecule has 22 heavy (non-hydrogen) atoms. The van der Waals surface area contributed by atoms with Gasteiger partial charge in [0.2, 0.25) is 0 Å². The third-order valence-corrected chi connectivity index (χ3v) is 3.15. The van der Waals surface area contributed by atoms with Crippen molar-refractivity contribution < 1.29 is 18.8 Å². The highest BCUT2D eigenvalue weighted by Crippen LogP contribution is 2.23. The van der Waals surface area contributed by atoms with E-state index in [0.717, 1.165) is 0 Å². The van der Waals surface area contributed by atoms with E-state index in [1.807, 2.05) is 0 Å². The predicted octanol–water partition coefficient (Wildman–Crippen LogP) is 3.18. The Morgan fingerprint density at radius 3 is 2.77 bits per heavy atom. The molecule has 0 aliphatic heterocycles. The summed E-state index contributed by atoms with van der Waals surface area (Å²) in [4.78, 5) is 22.9. The number of benzene rings is 1. The van der Waals surface area contributed by atoms with Crippen LogP contribution in [-0.2, 0) is 14.3 Å². The average Bonchev–Trinajstić information content (AvgIpc) is 2.99. The number of aromatic nitrogens is 1. The fraction of sp³-hybridized carbons (Fsp3) is 0.0714. The number of ether oxygens (including phenoxy) is 1. The van der Waals surface area contributed by atoms with Crippen LogP contribution in [0.2, 0.25) is 10.0 Å². The van der Waals surface area contributed by atoms with Crippen LogP contribution < -0.4 is 5.32 Å². The first-order valence-electron chi connectivity index (χ1n) is 6.05. The van der Waals surface area contributed by atoms with Crippen molar-refractivity contribution in [3.8, 4) is 0 Å². The summed E-state index contributed by atoms with van der Waals surface area (Å²) in [6.45, 7) is -0.433. The van der Waals surface area contributed by atoms with Gasteiger partial charge in [0.25, 0.3) is 5.91 Å². The number of hydrogen-bond acceptors (Lipinski definition) is 5. The first-order chi connectivity index (χ1) is 10.5. The maximum Gasteiger partial charge on any atom is 0.331 e. The van der Waals surface area contributed by atoms with Gasteiger partial charge in [-0.15, -0.1) is 0 Å². The van der Waals surface area contributed by atoms with Crippen LogP contribution in [0, 0.1) is 0 Å². The summed E-state index contributed by atoms with van der Waals surface area (Å²) in [5.74, 6) is -0.945. The Labute approximate surface area is 135 Å². The van der Waals surface area contributed by atoms with Gasteiger partial charge in [0, 0.05) is 12.1 Å². The standard InChI is InChI=1S/C14H10Cl2N2O4/c15-10-3-1-9(7-11(10)16)2-4-14(20)21-8-13(19)17-12-5-6-22-18-12/h1-7H,8H2,(H,17,18,19)/b4-2+. The number of nitrogens with zero attached hydrogens (tertiary/aromatic N) is 1. The van der Waals surface area contributed by atoms with E-state index in [1.54, 1.807) is 18.2 Å². The van der Waals surface area contributed by atoms with E-state index in [1.165, 1.54) is 24.5 Å². The molecular weight excluding hydrogens is 331 g/mol. The molecule has 6 nitrogen and oxygen atoms in total. The Morgan fingerprint density at radius 1 is 1.27 bits per heavy atom. The van der Waals surface area contributed by atoms with Crippen LogP contribution in [0.15, 0.2) is 41.1 Å². The predicted molar refractivity (Wildman–Crippen MR) is 81.6 cm³/mol. The van der Waals surface area contributed by atoms with Crippen LogP contribution in [0.4, 0.5) is 5.82 Å². The Balaban J connectivity index is 1.80. The zero-order valence-corrected chi connectivity index (χ0v) is 12.6. The zero-order valence-electron chi connectivity index (χ0n) is 11.1. The van der Waals surface area contributed by atoms with E-state index < -0.39 is 18.5 Å². The molecule has 1 amide bonds. The van der Waals surface area contributed by atoms with Gasteiger partial charge in [-0.1, -0.05) is 34.4 Å². The highest BCUT2D eigenvalue weighted by Gasteiger charge is 2.07. The third-order valence-electron chi connectivity index (χ3n) is 2.41. The largest absolute Gasteiger partial charge is 0.452 e. The number of nitrogens with one attached hydrogen (secondary N) is 1. The zero-order chi connectivity index (χ0) is 15.9. The van der Waals surface area contributed by atoms with Gasteiger partial charge >= 0.3 is 5.97 Å². The lowest BCUT2D eigenvalue weighted by Crippen LogP contribution is -2.20. The van der Waals surface area contributed by atoms with Crippen molar-refractivity contribution in [2.45, 2.75) is 0 Å². The van der Waals surface area contributed by atoms with E-state index >= 15 is 0 Å². The lowest BCUT2D eigenvalue weighted by Gasteiger charge is -2.02. The summed E-state index contributed by atoms with van der Waals surface area (Å²) in [6.07, 6.45) is 3.99. The Hall–Kier alpha value is -2.31. The van der Waals surface area contributed by atoms with Gasteiger partial charge in [-0.2, -0.15) is 0 Å². The van der Waals surface area contributed by atoms with Crippen molar-refractivity contribution in [3.63, 3.8) is 0 Å². The minimum atomic E-state index is -0.665. The minimum absolute atomic E-state index is 0.243. The van der Waals surface area contributed by atoms with E-state index in [9.17, 15) is 9.59 Å². The van der Waals surface area contributed by atoms with Crippen molar-refractivity contribution in [2.75, 3.05) is 11.9 Å². The molecule has 2 rings (SSSR count). The molecule has 0 aliphatic rings. The maximum atomic E-state index is 11.5. The third kappa shape index (κ3) is 4.91. The van der Waals surface area contributed by atoms with Crippen molar-refractivity contribution in [2.24, 2.45) is 0 Å². The quantitative estimate of drug-likeness (QED) is 0.667. The molecule has 1 aromatic carbocycles. The summed E-state index contributed by atoms with van der Waals surface area (Å²) in [6, 6.07) is 6.37. The fourth-order valence-corrected chi connectivity index (χ4v) is 1.73. The van der Waals surface area contributed by atoms with Crippen molar-refractivity contribution in [3.05, 3.63) is 52.2 Å². The lowest BCUT2D eigenvalue weighted by atomic mass is 10.2. The second-order valence-corrected chi connectivity index (χ2v) is 4.86. The highest BCUT2D eigenvalue weighted by molar-refractivity contribution is 6.42. The van der Waals surface area contributed by atoms with Gasteiger partial charge in [0.15, 0.2) is 12.4 Å². The van der Waals surface area contributed by atoms with Gasteiger partial charge in [-0.05, 0) is 23.8 Å². The fourth-order valence-electron chi connectivity index (χ4n) is 1.42. The molecule has 0 fully saturated rings. The number of rotatable bonds is 5. The first kappa shape index (κ1) is 16.1. The molecule has 1 N–H and O–H groups in total. The molecule has 0 unspecified atom stereocenters. The highest BCUT2D eigenvalue weighted by atomic mass is 35.5. The summed E-state index contributed by atoms with van der Waals surface area (Å²) < 4.78 is 9.32. The van der Waals surface area contributed by atoms with Crippen molar-refractivity contribution in [1.82, 2.24) is 5.16 Å². The summed E-state index contributed by atoms with van der Waals surface area (Å²) in [7, 11) is 0. The number of hydrogen-bond donors (Lipinski definition) is 1. The van der Waals surface area contributed by atoms with Gasteiger partial charge in [-0.25, -0.2) is 4.79 Å². The van der Waals surface area contributed by atoms with E-state index in [2.05, 4.69) is 15.0 Å². The molecule has 0 bridgehead atoms. The van der Waals surface area contributed by atoms with E-state index in [-0.39, 0.29) is 5.82 Å². The second kappa shape index (κ2) is 7.63. The normalized spacial score (nSPS) is 10.6. The summed E-state index contributed by atoms with van der Waals surface area (Å²) in [5, 5.41) is 6.68. The first-order valence-corrected chi connectivity index (χ1v) is 6.80. The number of amides is 1. The molecule has 0 saturated heterocycles. The molecule has 0 radical (unpaired) electrons. The van der Waals surface area contributed by atoms with Crippen LogP contribution in [0.3, 0.4) is 0 Å². The van der Waals surface area contributed by atoms with E-state index in [4.69, 9.17) is 27.9 Å². The molecule has 0 spiro atoms. The molecule has 0 aliphatic carbocycles. The maximum absolute atomic E-state index is 11.5. The van der Waals surface area contributed by atoms with Gasteiger partial charge < -0.3 is 14.6 Å². The number of carbonyl (C=O) groups is 2. The average molecular weight is 341 g/mol. The van der Waals surface area contributed by atoms with Crippen molar-refractivity contribution in [1.29, 1.82) is 0 Å². The summed E-state index contributed by atoms with van der Waals surface area (Å²) in [5.41, 5.74) is 0.679. The van der Waals surface area contributed by atoms with Crippen LogP contribution in [0.5, 0.6) is 0 Å². The molecule has 1 aromatic heterocycles. The number of anilines is 1. The van der Waals surface area contributed by atoms with Crippen LogP contribution in [0.25, 0.3) is 6.08 Å². The molecule has 1 heterocycles. The molecule has 0 saturated carbocycles. The Morgan fingerprint density at radius 2 is 2.09 bits per heavy atom. The molecular formula is C14H10Cl2N2O4. The van der Waals surface area contributed by atoms with Crippen LogP contribution in [0.1, 0.15) is 5.56 Å². The summed E-state index contributed by atoms with van der Waals surface area (Å²) >= 11 is 11.6. The number of carbonyl (C=O) groups excluding carboxylic acids is 2. The number of esters is 1. The minimum Gasteiger partial charge on any atom is -0.452 e. The molecule has 0 atom stereocenters. The van der Waals surface area contributed by atoms with Crippen LogP contribution in [-0.4, -0.2) is 23.6 Å². The topological polar surface area (TPSA) is 81.4 Å². The lowest BCUT2D eigenvalue weighted by molar-refractivity contribution is -0.142. The number of halogens is 2. The molecule has 8 heteroatoms.